The van der Waals surface area contributed by atoms with Crippen molar-refractivity contribution in [3.8, 4) is 0 Å². The molecule has 4 amide bonds. The summed E-state index contributed by atoms with van der Waals surface area (Å²) in [6.45, 7) is -0.222. The molecule has 0 saturated carbocycles. The van der Waals surface area contributed by atoms with Gasteiger partial charge in [0, 0.05) is 36.1 Å². The van der Waals surface area contributed by atoms with E-state index >= 15 is 0 Å². The van der Waals surface area contributed by atoms with Crippen LogP contribution in [0.5, 0.6) is 0 Å². The molecule has 3 aromatic rings. The summed E-state index contributed by atoms with van der Waals surface area (Å²) in [5.41, 5.74) is 2.68. The fraction of sp³-hybridized carbons (Fsp3) is 0.320. The van der Waals surface area contributed by atoms with E-state index in [1.807, 2.05) is 60.8 Å². The Labute approximate surface area is 203 Å². The predicted molar refractivity (Wildman–Crippen MR) is 130 cm³/mol. The van der Waals surface area contributed by atoms with Gasteiger partial charge in [-0.1, -0.05) is 48.5 Å². The molecule has 2 aliphatic heterocycles. The Morgan fingerprint density at radius 2 is 1.80 bits per heavy atom. The van der Waals surface area contributed by atoms with Gasteiger partial charge in [-0.2, -0.15) is 0 Å². The van der Waals surface area contributed by atoms with Gasteiger partial charge in [0.1, 0.15) is 12.6 Å². The minimum atomic E-state index is -3.23. The monoisotopic (exact) mass is 494 g/mol. The molecular weight excluding hydrogens is 468 g/mol. The number of benzene rings is 2. The Hall–Kier alpha value is -3.66. The molecule has 2 atom stereocenters. The van der Waals surface area contributed by atoms with Crippen LogP contribution in [-0.2, 0) is 32.4 Å². The van der Waals surface area contributed by atoms with Crippen molar-refractivity contribution in [2.45, 2.75) is 31.5 Å². The van der Waals surface area contributed by atoms with Gasteiger partial charge in [-0.05, 0) is 23.6 Å². The van der Waals surface area contributed by atoms with Gasteiger partial charge in [0.2, 0.25) is 5.91 Å². The lowest BCUT2D eigenvalue weighted by Crippen LogP contribution is -2.47. The summed E-state index contributed by atoms with van der Waals surface area (Å²) >= 11 is 0. The number of imide groups is 1. The molecule has 0 spiro atoms. The Bertz CT molecular complexity index is 1390. The smallest absolute Gasteiger partial charge is 0.325 e. The second-order valence-corrected chi connectivity index (χ2v) is 11.3. The average Bonchev–Trinajstić information content (AvgIpc) is 3.50. The van der Waals surface area contributed by atoms with Crippen LogP contribution in [0.4, 0.5) is 4.79 Å². The summed E-state index contributed by atoms with van der Waals surface area (Å²) in [6.07, 6.45) is 2.46. The summed E-state index contributed by atoms with van der Waals surface area (Å²) in [4.78, 5) is 44.7. The van der Waals surface area contributed by atoms with Crippen LogP contribution in [0.1, 0.15) is 17.5 Å². The summed E-state index contributed by atoms with van der Waals surface area (Å²) in [6, 6.07) is 15.1. The zero-order chi connectivity index (χ0) is 24.6. The molecular formula is C25H26N4O5S. The maximum absolute atomic E-state index is 13.3. The summed E-state index contributed by atoms with van der Waals surface area (Å²) in [5.74, 6) is -1.01. The number of carbonyl (C=O) groups is 3. The second kappa shape index (κ2) is 9.18. The number of para-hydroxylation sites is 1. The number of nitrogens with one attached hydrogen (secondary N) is 2. The number of aromatic nitrogens is 1. The number of amides is 4. The van der Waals surface area contributed by atoms with Crippen LogP contribution in [-0.4, -0.2) is 71.2 Å². The highest BCUT2D eigenvalue weighted by atomic mass is 32.2. The van der Waals surface area contributed by atoms with E-state index in [9.17, 15) is 22.8 Å². The van der Waals surface area contributed by atoms with E-state index in [4.69, 9.17) is 0 Å². The van der Waals surface area contributed by atoms with Gasteiger partial charge in [0.25, 0.3) is 5.91 Å². The molecule has 0 radical (unpaired) electrons. The van der Waals surface area contributed by atoms with Crippen molar-refractivity contribution >= 4 is 38.6 Å². The maximum atomic E-state index is 13.3. The number of nitrogens with zero attached hydrogens (tertiary/aromatic N) is 2. The normalized spacial score (nSPS) is 21.4. The maximum Gasteiger partial charge on any atom is 0.325 e. The van der Waals surface area contributed by atoms with Crippen LogP contribution < -0.4 is 5.32 Å². The first-order valence-corrected chi connectivity index (χ1v) is 13.3. The van der Waals surface area contributed by atoms with Crippen molar-refractivity contribution in [1.29, 1.82) is 0 Å². The SMILES string of the molecule is O=C1NC(Cc2c[nH]c3ccccc23)C(=O)N1CC(=O)N(Cc1ccccc1)C1CCS(=O)(=O)C1. The van der Waals surface area contributed by atoms with Crippen molar-refractivity contribution in [3.63, 3.8) is 0 Å². The van der Waals surface area contributed by atoms with E-state index in [1.54, 1.807) is 0 Å². The molecule has 0 aliphatic carbocycles. The van der Waals surface area contributed by atoms with E-state index < -0.39 is 46.3 Å². The van der Waals surface area contributed by atoms with Crippen LogP contribution in [0.2, 0.25) is 0 Å². The number of urea groups is 1. The van der Waals surface area contributed by atoms with Gasteiger partial charge < -0.3 is 15.2 Å². The standard InChI is InChI=1S/C25H26N4O5S/c30-23(28(14-17-6-2-1-3-7-17)19-10-11-35(33,34)16-19)15-29-24(31)22(27-25(29)32)12-18-13-26-21-9-5-4-8-20(18)21/h1-9,13,19,22,26H,10-12,14-16H2,(H,27,32). The summed E-state index contributed by atoms with van der Waals surface area (Å²) < 4.78 is 24.2. The van der Waals surface area contributed by atoms with E-state index in [1.165, 1.54) is 4.90 Å². The topological polar surface area (TPSA) is 120 Å². The first kappa shape index (κ1) is 23.1. The first-order valence-electron chi connectivity index (χ1n) is 11.5. The van der Waals surface area contributed by atoms with E-state index in [-0.39, 0.29) is 18.1 Å². The van der Waals surface area contributed by atoms with Crippen LogP contribution in [0, 0.1) is 0 Å². The minimum Gasteiger partial charge on any atom is -0.361 e. The highest BCUT2D eigenvalue weighted by molar-refractivity contribution is 7.91. The second-order valence-electron chi connectivity index (χ2n) is 9.05. The van der Waals surface area contributed by atoms with E-state index in [2.05, 4.69) is 10.3 Å². The third-order valence-corrected chi connectivity index (χ3v) is 8.41. The number of rotatable bonds is 7. The summed E-state index contributed by atoms with van der Waals surface area (Å²) in [7, 11) is -3.23. The zero-order valence-electron chi connectivity index (χ0n) is 19.0. The number of H-pyrrole nitrogens is 1. The number of hydrogen-bond donors (Lipinski definition) is 2. The van der Waals surface area contributed by atoms with Crippen LogP contribution in [0.15, 0.2) is 60.8 Å². The molecule has 2 fully saturated rings. The average molecular weight is 495 g/mol. The molecule has 2 aromatic carbocycles. The fourth-order valence-electron chi connectivity index (χ4n) is 4.83. The predicted octanol–water partition coefficient (Wildman–Crippen LogP) is 1.85. The molecule has 5 rings (SSSR count). The molecule has 35 heavy (non-hydrogen) atoms. The van der Waals surface area contributed by atoms with Crippen molar-refractivity contribution in [2.24, 2.45) is 0 Å². The number of sulfone groups is 1. The molecule has 2 unspecified atom stereocenters. The van der Waals surface area contributed by atoms with Crippen molar-refractivity contribution in [1.82, 2.24) is 20.1 Å². The van der Waals surface area contributed by atoms with Gasteiger partial charge in [-0.15, -0.1) is 0 Å². The highest BCUT2D eigenvalue weighted by Gasteiger charge is 2.41. The van der Waals surface area contributed by atoms with E-state index in [0.717, 1.165) is 26.9 Å². The number of hydrogen-bond acceptors (Lipinski definition) is 5. The molecule has 2 aliphatic rings. The lowest BCUT2D eigenvalue weighted by atomic mass is 10.1. The Morgan fingerprint density at radius 3 is 2.54 bits per heavy atom. The molecule has 1 aromatic heterocycles. The molecule has 2 N–H and O–H groups in total. The quantitative estimate of drug-likeness (QED) is 0.486. The Balaban J connectivity index is 1.31. The lowest BCUT2D eigenvalue weighted by molar-refractivity contribution is -0.139. The number of fused-ring (bicyclic) bond motifs is 1. The summed E-state index contributed by atoms with van der Waals surface area (Å²) in [5, 5.41) is 3.66. The van der Waals surface area contributed by atoms with Gasteiger partial charge >= 0.3 is 6.03 Å². The van der Waals surface area contributed by atoms with E-state index in [0.29, 0.717) is 12.8 Å². The van der Waals surface area contributed by atoms with Crippen LogP contribution in [0.25, 0.3) is 10.9 Å². The van der Waals surface area contributed by atoms with Crippen molar-refractivity contribution in [2.75, 3.05) is 18.1 Å². The lowest BCUT2D eigenvalue weighted by Gasteiger charge is -2.29. The largest absolute Gasteiger partial charge is 0.361 e. The third-order valence-electron chi connectivity index (χ3n) is 6.66. The van der Waals surface area contributed by atoms with Gasteiger partial charge in [-0.3, -0.25) is 14.5 Å². The fourth-order valence-corrected chi connectivity index (χ4v) is 6.56. The van der Waals surface area contributed by atoms with Crippen molar-refractivity contribution in [3.05, 3.63) is 71.9 Å². The highest BCUT2D eigenvalue weighted by Crippen LogP contribution is 2.23. The molecule has 2 saturated heterocycles. The Kier molecular flexibility index (Phi) is 6.06. The molecule has 0 bridgehead atoms. The number of aromatic amines is 1. The number of carbonyl (C=O) groups excluding carboxylic acids is 3. The van der Waals surface area contributed by atoms with Gasteiger partial charge in [0.05, 0.1) is 11.5 Å². The minimum absolute atomic E-state index is 0.0199. The third kappa shape index (κ3) is 4.79. The molecule has 182 valence electrons. The zero-order valence-corrected chi connectivity index (χ0v) is 19.8. The van der Waals surface area contributed by atoms with Crippen LogP contribution >= 0.6 is 0 Å². The molecule has 10 heteroatoms. The van der Waals surface area contributed by atoms with Gasteiger partial charge in [-0.25, -0.2) is 13.2 Å². The molecule has 9 nitrogen and oxygen atoms in total. The van der Waals surface area contributed by atoms with Crippen molar-refractivity contribution < 1.29 is 22.8 Å². The molecule has 3 heterocycles. The Morgan fingerprint density at radius 1 is 1.06 bits per heavy atom. The first-order chi connectivity index (χ1) is 16.8. The van der Waals surface area contributed by atoms with Gasteiger partial charge in [0.15, 0.2) is 9.84 Å². The van der Waals surface area contributed by atoms with Crippen LogP contribution in [0.3, 0.4) is 0 Å².